The van der Waals surface area contributed by atoms with Gasteiger partial charge in [0, 0.05) is 39.6 Å². The summed E-state index contributed by atoms with van der Waals surface area (Å²) >= 11 is 0. The fourth-order valence-electron chi connectivity index (χ4n) is 2.68. The first-order valence-electron chi connectivity index (χ1n) is 7.01. The van der Waals surface area contributed by atoms with E-state index in [9.17, 15) is 18.1 Å². The van der Waals surface area contributed by atoms with Gasteiger partial charge in [-0.15, -0.1) is 0 Å². The van der Waals surface area contributed by atoms with Crippen LogP contribution >= 0.6 is 0 Å². The summed E-state index contributed by atoms with van der Waals surface area (Å²) in [4.78, 5) is 2.94. The van der Waals surface area contributed by atoms with Crippen molar-refractivity contribution in [1.82, 2.24) is 4.98 Å². The molecule has 0 amide bonds. The van der Waals surface area contributed by atoms with E-state index in [1.807, 2.05) is 30.3 Å². The van der Waals surface area contributed by atoms with Gasteiger partial charge < -0.3 is 10.1 Å². The topological polar surface area (TPSA) is 53.1 Å². The molecule has 1 aromatic heterocycles. The molecule has 0 aliphatic rings. The zero-order valence-electron chi connectivity index (χ0n) is 12.3. The number of hydrogen-bond acceptors (Lipinski definition) is 2. The predicted octanol–water partition coefficient (Wildman–Crippen LogP) is 3.53. The standard InChI is InChI=1S/C17H15F2NO2S/c1-23(22)9-15(21)17-16(10-5-3-2-4-6-10)11-7-12(18)13(19)8-14(11)20-17/h2-8,15,20-21H,9H2,1H3. The molecule has 0 fully saturated rings. The molecule has 0 saturated carbocycles. The van der Waals surface area contributed by atoms with Gasteiger partial charge in [0.2, 0.25) is 0 Å². The molecule has 23 heavy (non-hydrogen) atoms. The van der Waals surface area contributed by atoms with Crippen LogP contribution in [0.25, 0.3) is 22.0 Å². The first kappa shape index (κ1) is 15.8. The molecule has 0 radical (unpaired) electrons. The van der Waals surface area contributed by atoms with Crippen molar-refractivity contribution in [2.45, 2.75) is 6.10 Å². The maximum absolute atomic E-state index is 13.7. The lowest BCUT2D eigenvalue weighted by atomic mass is 10.00. The number of aromatic amines is 1. The van der Waals surface area contributed by atoms with Gasteiger partial charge in [0.1, 0.15) is 6.10 Å². The van der Waals surface area contributed by atoms with Crippen LogP contribution in [0.2, 0.25) is 0 Å². The molecule has 3 nitrogen and oxygen atoms in total. The van der Waals surface area contributed by atoms with E-state index in [4.69, 9.17) is 0 Å². The Morgan fingerprint density at radius 2 is 1.83 bits per heavy atom. The highest BCUT2D eigenvalue weighted by Gasteiger charge is 2.21. The normalized spacial score (nSPS) is 14.1. The summed E-state index contributed by atoms with van der Waals surface area (Å²) in [6.07, 6.45) is 0.475. The Kier molecular flexibility index (Phi) is 4.28. The lowest BCUT2D eigenvalue weighted by Gasteiger charge is -2.11. The van der Waals surface area contributed by atoms with E-state index in [0.29, 0.717) is 22.2 Å². The van der Waals surface area contributed by atoms with Crippen molar-refractivity contribution >= 4 is 21.7 Å². The first-order chi connectivity index (χ1) is 11.0. The van der Waals surface area contributed by atoms with Crippen LogP contribution in [0.4, 0.5) is 8.78 Å². The fraction of sp³-hybridized carbons (Fsp3) is 0.176. The zero-order chi connectivity index (χ0) is 16.6. The van der Waals surface area contributed by atoms with E-state index in [0.717, 1.165) is 17.7 Å². The van der Waals surface area contributed by atoms with Crippen LogP contribution in [-0.2, 0) is 10.8 Å². The van der Waals surface area contributed by atoms with Gasteiger partial charge in [-0.1, -0.05) is 30.3 Å². The van der Waals surface area contributed by atoms with E-state index in [1.54, 1.807) is 0 Å². The highest BCUT2D eigenvalue weighted by atomic mass is 32.2. The number of fused-ring (bicyclic) bond motifs is 1. The Morgan fingerprint density at radius 3 is 2.48 bits per heavy atom. The lowest BCUT2D eigenvalue weighted by molar-refractivity contribution is 0.199. The van der Waals surface area contributed by atoms with E-state index >= 15 is 0 Å². The molecule has 1 heterocycles. The summed E-state index contributed by atoms with van der Waals surface area (Å²) in [5.41, 5.74) is 2.16. The Bertz CT molecular complexity index is 877. The fourth-order valence-corrected chi connectivity index (χ4v) is 3.29. The molecule has 120 valence electrons. The average molecular weight is 335 g/mol. The molecular formula is C17H15F2NO2S. The van der Waals surface area contributed by atoms with Gasteiger partial charge in [-0.05, 0) is 11.6 Å². The van der Waals surface area contributed by atoms with Crippen molar-refractivity contribution in [3.05, 3.63) is 59.8 Å². The second kappa shape index (κ2) is 6.22. The van der Waals surface area contributed by atoms with Gasteiger partial charge in [0.05, 0.1) is 11.4 Å². The van der Waals surface area contributed by atoms with E-state index in [-0.39, 0.29) is 5.75 Å². The Balaban J connectivity index is 2.28. The van der Waals surface area contributed by atoms with E-state index < -0.39 is 28.5 Å². The monoisotopic (exact) mass is 335 g/mol. The molecule has 2 aromatic carbocycles. The van der Waals surface area contributed by atoms with Crippen molar-refractivity contribution in [3.63, 3.8) is 0 Å². The van der Waals surface area contributed by atoms with Crippen LogP contribution in [0.1, 0.15) is 11.8 Å². The van der Waals surface area contributed by atoms with E-state index in [2.05, 4.69) is 4.98 Å². The molecule has 2 unspecified atom stereocenters. The number of aromatic nitrogens is 1. The first-order valence-corrected chi connectivity index (χ1v) is 8.74. The van der Waals surface area contributed by atoms with Gasteiger partial charge in [-0.2, -0.15) is 0 Å². The Morgan fingerprint density at radius 1 is 1.17 bits per heavy atom. The molecule has 2 atom stereocenters. The molecule has 6 heteroatoms. The van der Waals surface area contributed by atoms with Crippen molar-refractivity contribution in [2.24, 2.45) is 0 Å². The highest BCUT2D eigenvalue weighted by Crippen LogP contribution is 2.36. The molecule has 0 spiro atoms. The largest absolute Gasteiger partial charge is 0.386 e. The van der Waals surface area contributed by atoms with Gasteiger partial charge in [0.25, 0.3) is 0 Å². The van der Waals surface area contributed by atoms with Crippen molar-refractivity contribution in [1.29, 1.82) is 0 Å². The molecule has 0 aliphatic carbocycles. The minimum absolute atomic E-state index is 0.0393. The summed E-state index contributed by atoms with van der Waals surface area (Å²) in [6, 6.07) is 11.3. The molecule has 0 bridgehead atoms. The van der Waals surface area contributed by atoms with Gasteiger partial charge in [0.15, 0.2) is 11.6 Å². The SMILES string of the molecule is CS(=O)CC(O)c1[nH]c2cc(F)c(F)cc2c1-c1ccccc1. The van der Waals surface area contributed by atoms with Crippen molar-refractivity contribution < 1.29 is 18.1 Å². The highest BCUT2D eigenvalue weighted by molar-refractivity contribution is 7.84. The number of hydrogen-bond donors (Lipinski definition) is 2. The third kappa shape index (κ3) is 3.04. The summed E-state index contributed by atoms with van der Waals surface area (Å²) in [5.74, 6) is -1.87. The molecule has 0 saturated heterocycles. The number of halogens is 2. The number of H-pyrrole nitrogens is 1. The smallest absolute Gasteiger partial charge is 0.160 e. The number of benzene rings is 2. The number of aliphatic hydroxyl groups excluding tert-OH is 1. The third-order valence-electron chi connectivity index (χ3n) is 3.66. The minimum atomic E-state index is -1.21. The van der Waals surface area contributed by atoms with Crippen LogP contribution in [-0.4, -0.2) is 26.3 Å². The van der Waals surface area contributed by atoms with Crippen LogP contribution < -0.4 is 0 Å². The minimum Gasteiger partial charge on any atom is -0.386 e. The quantitative estimate of drug-likeness (QED) is 0.766. The predicted molar refractivity (Wildman–Crippen MR) is 87.5 cm³/mol. The molecule has 3 rings (SSSR count). The summed E-state index contributed by atoms with van der Waals surface area (Å²) < 4.78 is 38.6. The van der Waals surface area contributed by atoms with Crippen molar-refractivity contribution in [2.75, 3.05) is 12.0 Å². The Labute approximate surface area is 134 Å². The van der Waals surface area contributed by atoms with Gasteiger partial charge >= 0.3 is 0 Å². The van der Waals surface area contributed by atoms with Gasteiger partial charge in [-0.3, -0.25) is 4.21 Å². The maximum atomic E-state index is 13.7. The van der Waals surface area contributed by atoms with E-state index in [1.165, 1.54) is 6.26 Å². The summed E-state index contributed by atoms with van der Waals surface area (Å²) in [7, 11) is -1.21. The second-order valence-corrected chi connectivity index (χ2v) is 6.83. The molecule has 0 aliphatic heterocycles. The summed E-state index contributed by atoms with van der Waals surface area (Å²) in [6.45, 7) is 0. The number of rotatable bonds is 4. The van der Waals surface area contributed by atoms with Crippen LogP contribution in [0.5, 0.6) is 0 Å². The number of aliphatic hydroxyl groups is 1. The van der Waals surface area contributed by atoms with Crippen LogP contribution in [0.15, 0.2) is 42.5 Å². The average Bonchev–Trinajstić information content (AvgIpc) is 2.86. The molecule has 2 N–H and O–H groups in total. The van der Waals surface area contributed by atoms with Crippen molar-refractivity contribution in [3.8, 4) is 11.1 Å². The molecular weight excluding hydrogens is 320 g/mol. The summed E-state index contributed by atoms with van der Waals surface area (Å²) in [5, 5.41) is 10.8. The zero-order valence-corrected chi connectivity index (χ0v) is 13.2. The lowest BCUT2D eigenvalue weighted by Crippen LogP contribution is -2.09. The van der Waals surface area contributed by atoms with Gasteiger partial charge in [-0.25, -0.2) is 8.78 Å². The van der Waals surface area contributed by atoms with Crippen LogP contribution in [0.3, 0.4) is 0 Å². The van der Waals surface area contributed by atoms with Crippen LogP contribution in [0, 0.1) is 11.6 Å². The Hall–Kier alpha value is -2.05. The molecule has 3 aromatic rings. The number of nitrogens with one attached hydrogen (secondary N) is 1. The maximum Gasteiger partial charge on any atom is 0.160 e. The third-order valence-corrected chi connectivity index (χ3v) is 4.44. The second-order valence-electron chi connectivity index (χ2n) is 5.35.